The van der Waals surface area contributed by atoms with E-state index in [-0.39, 0.29) is 13.1 Å². The Bertz CT molecular complexity index is 1240. The molecule has 11 heteroatoms. The van der Waals surface area contributed by atoms with E-state index in [9.17, 15) is 9.90 Å². The largest absolute Gasteiger partial charge is 0.444 e. The summed E-state index contributed by atoms with van der Waals surface area (Å²) in [7, 11) is -1.22. The van der Waals surface area contributed by atoms with Crippen molar-refractivity contribution in [1.29, 1.82) is 0 Å². The van der Waals surface area contributed by atoms with E-state index >= 15 is 0 Å². The van der Waals surface area contributed by atoms with Gasteiger partial charge in [0, 0.05) is 26.4 Å². The van der Waals surface area contributed by atoms with E-state index in [2.05, 4.69) is 34.6 Å². The lowest BCUT2D eigenvalue weighted by molar-refractivity contribution is -0.103. The molecule has 1 N–H and O–H groups in total. The molecule has 0 unspecified atom stereocenters. The smallest absolute Gasteiger partial charge is 0.410 e. The van der Waals surface area contributed by atoms with Crippen LogP contribution in [0, 0.1) is 0 Å². The van der Waals surface area contributed by atoms with Crippen LogP contribution < -0.4 is 0 Å². The van der Waals surface area contributed by atoms with Gasteiger partial charge in [-0.15, -0.1) is 0 Å². The van der Waals surface area contributed by atoms with Crippen LogP contribution in [0.3, 0.4) is 0 Å². The zero-order chi connectivity index (χ0) is 26.3. The minimum atomic E-state index is -1.22. The molecule has 0 radical (unpaired) electrons. The maximum Gasteiger partial charge on any atom is 0.410 e. The number of hydrogen-bond donors (Lipinski definition) is 1. The lowest BCUT2D eigenvalue weighted by Crippen LogP contribution is -2.61. The molecule has 194 valence electrons. The van der Waals surface area contributed by atoms with Crippen LogP contribution in [0.5, 0.6) is 0 Å². The average molecular weight is 532 g/mol. The van der Waals surface area contributed by atoms with E-state index in [0.29, 0.717) is 35.4 Å². The minimum absolute atomic E-state index is 0.152. The molecular weight excluding hydrogens is 498 g/mol. The normalized spacial score (nSPS) is 15.7. The van der Waals surface area contributed by atoms with Gasteiger partial charge in [0.25, 0.3) is 0 Å². The molecule has 3 aromatic heterocycles. The number of nitrogens with zero attached hydrogens (tertiary/aromatic N) is 5. The van der Waals surface area contributed by atoms with Gasteiger partial charge in [0.2, 0.25) is 0 Å². The van der Waals surface area contributed by atoms with Gasteiger partial charge >= 0.3 is 6.09 Å². The SMILES string of the molecule is CC(C)(C)OC(=O)N1CC(O)(c2ccc(-c3cc4c(Cl)ncnc4n3COCC[Si](C)(C)C)nc2)C1. The molecule has 1 aliphatic rings. The molecule has 0 spiro atoms. The van der Waals surface area contributed by atoms with Crippen molar-refractivity contribution in [1.82, 2.24) is 24.4 Å². The Kier molecular flexibility index (Phi) is 7.17. The Morgan fingerprint density at radius 2 is 1.92 bits per heavy atom. The van der Waals surface area contributed by atoms with Crippen molar-refractivity contribution in [2.24, 2.45) is 0 Å². The van der Waals surface area contributed by atoms with E-state index in [1.165, 1.54) is 11.2 Å². The number of fused-ring (bicyclic) bond motifs is 1. The first-order chi connectivity index (χ1) is 16.8. The summed E-state index contributed by atoms with van der Waals surface area (Å²) in [4.78, 5) is 26.9. The second-order valence-electron chi connectivity index (χ2n) is 11.5. The van der Waals surface area contributed by atoms with Gasteiger partial charge in [0.05, 0.1) is 29.9 Å². The summed E-state index contributed by atoms with van der Waals surface area (Å²) >= 11 is 6.35. The molecule has 9 nitrogen and oxygen atoms in total. The van der Waals surface area contributed by atoms with Crippen LogP contribution in [-0.4, -0.2) is 69.0 Å². The van der Waals surface area contributed by atoms with Gasteiger partial charge in [0.15, 0.2) is 0 Å². The van der Waals surface area contributed by atoms with Crippen LogP contribution >= 0.6 is 11.6 Å². The van der Waals surface area contributed by atoms with Crippen LogP contribution in [-0.2, 0) is 21.8 Å². The number of amides is 1. The predicted octanol–water partition coefficient (Wildman–Crippen LogP) is 4.90. The fraction of sp³-hybridized carbons (Fsp3) is 0.520. The zero-order valence-electron chi connectivity index (χ0n) is 21.7. The fourth-order valence-corrected chi connectivity index (χ4v) is 4.89. The number of halogens is 1. The summed E-state index contributed by atoms with van der Waals surface area (Å²) in [5.74, 6) is 0. The number of aromatic nitrogens is 4. The lowest BCUT2D eigenvalue weighted by Gasteiger charge is -2.46. The Hall–Kier alpha value is -2.53. The molecular formula is C25H34ClN5O4Si. The molecule has 1 fully saturated rings. The van der Waals surface area contributed by atoms with Gasteiger partial charge in [-0.3, -0.25) is 9.55 Å². The highest BCUT2D eigenvalue weighted by molar-refractivity contribution is 6.76. The Balaban J connectivity index is 1.53. The third-order valence-corrected chi connectivity index (χ3v) is 7.98. The van der Waals surface area contributed by atoms with E-state index in [4.69, 9.17) is 21.1 Å². The summed E-state index contributed by atoms with van der Waals surface area (Å²) in [6, 6.07) is 6.64. The quantitative estimate of drug-likeness (QED) is 0.263. The standard InChI is InChI=1S/C25H34ClN5O4Si/c1-24(2,3)35-23(32)30-13-25(33,14-30)17-7-8-19(27-12-17)20-11-18-21(26)28-15-29-22(18)31(20)16-34-9-10-36(4,5)6/h7-8,11-12,15,33H,9-10,13-14,16H2,1-6H3. The van der Waals surface area contributed by atoms with Crippen LogP contribution in [0.1, 0.15) is 26.3 Å². The summed E-state index contributed by atoms with van der Waals surface area (Å²) in [6.07, 6.45) is 2.64. The van der Waals surface area contributed by atoms with Crippen molar-refractivity contribution in [2.45, 2.75) is 64.4 Å². The molecule has 3 aromatic rings. The number of hydrogen-bond acceptors (Lipinski definition) is 7. The molecule has 36 heavy (non-hydrogen) atoms. The van der Waals surface area contributed by atoms with E-state index in [1.54, 1.807) is 6.20 Å². The maximum atomic E-state index is 12.3. The van der Waals surface area contributed by atoms with Gasteiger partial charge in [-0.25, -0.2) is 14.8 Å². The Labute approximate surface area is 217 Å². The van der Waals surface area contributed by atoms with Gasteiger partial charge in [-0.05, 0) is 38.9 Å². The van der Waals surface area contributed by atoms with E-state index in [0.717, 1.165) is 17.1 Å². The second-order valence-corrected chi connectivity index (χ2v) is 17.5. The van der Waals surface area contributed by atoms with Gasteiger partial charge in [-0.1, -0.05) is 37.3 Å². The number of carbonyl (C=O) groups is 1. The monoisotopic (exact) mass is 531 g/mol. The van der Waals surface area contributed by atoms with Gasteiger partial charge in [0.1, 0.15) is 35.1 Å². The molecule has 0 saturated carbocycles. The number of carbonyl (C=O) groups excluding carboxylic acids is 1. The third-order valence-electron chi connectivity index (χ3n) is 5.98. The average Bonchev–Trinajstić information content (AvgIpc) is 3.12. The van der Waals surface area contributed by atoms with Crippen molar-refractivity contribution in [3.05, 3.63) is 41.4 Å². The van der Waals surface area contributed by atoms with Gasteiger partial charge in [-0.2, -0.15) is 0 Å². The lowest BCUT2D eigenvalue weighted by atomic mass is 9.87. The number of rotatable bonds is 7. The van der Waals surface area contributed by atoms with Gasteiger partial charge < -0.3 is 19.5 Å². The van der Waals surface area contributed by atoms with Crippen molar-refractivity contribution >= 4 is 36.8 Å². The number of β-amino-alcohol motifs (C(OH)–C–C–N with tert-alkyl or cyclic N) is 1. The molecule has 4 heterocycles. The van der Waals surface area contributed by atoms with Crippen molar-refractivity contribution in [2.75, 3.05) is 19.7 Å². The van der Waals surface area contributed by atoms with Crippen molar-refractivity contribution in [3.8, 4) is 11.4 Å². The summed E-state index contributed by atoms with van der Waals surface area (Å²) in [5.41, 5.74) is 1.05. The maximum absolute atomic E-state index is 12.3. The Morgan fingerprint density at radius 3 is 2.53 bits per heavy atom. The zero-order valence-corrected chi connectivity index (χ0v) is 23.5. The number of aliphatic hydroxyl groups is 1. The molecule has 0 aliphatic carbocycles. The van der Waals surface area contributed by atoms with E-state index in [1.807, 2.05) is 43.5 Å². The highest BCUT2D eigenvalue weighted by atomic mass is 35.5. The first-order valence-corrected chi connectivity index (χ1v) is 16.1. The van der Waals surface area contributed by atoms with Crippen LogP contribution in [0.15, 0.2) is 30.7 Å². The number of likely N-dealkylation sites (tertiary alicyclic amines) is 1. The topological polar surface area (TPSA) is 103 Å². The molecule has 0 bridgehead atoms. The predicted molar refractivity (Wildman–Crippen MR) is 142 cm³/mol. The highest BCUT2D eigenvalue weighted by Gasteiger charge is 2.46. The molecule has 1 amide bonds. The summed E-state index contributed by atoms with van der Waals surface area (Å²) in [5, 5.41) is 12.1. The van der Waals surface area contributed by atoms with E-state index < -0.39 is 25.4 Å². The molecule has 0 aromatic carbocycles. The molecule has 0 atom stereocenters. The molecule has 1 saturated heterocycles. The first-order valence-electron chi connectivity index (χ1n) is 12.0. The third kappa shape index (κ3) is 5.88. The van der Waals surface area contributed by atoms with Crippen LogP contribution in [0.2, 0.25) is 30.8 Å². The number of pyridine rings is 1. The highest BCUT2D eigenvalue weighted by Crippen LogP contribution is 2.34. The summed E-state index contributed by atoms with van der Waals surface area (Å²) < 4.78 is 13.3. The Morgan fingerprint density at radius 1 is 1.19 bits per heavy atom. The van der Waals surface area contributed by atoms with Crippen molar-refractivity contribution < 1.29 is 19.4 Å². The van der Waals surface area contributed by atoms with Crippen LogP contribution in [0.4, 0.5) is 4.79 Å². The molecule has 4 rings (SSSR count). The van der Waals surface area contributed by atoms with Crippen LogP contribution in [0.25, 0.3) is 22.4 Å². The van der Waals surface area contributed by atoms with Crippen molar-refractivity contribution in [3.63, 3.8) is 0 Å². The first kappa shape index (κ1) is 26.5. The fourth-order valence-electron chi connectivity index (χ4n) is 3.95. The second kappa shape index (κ2) is 9.73. The minimum Gasteiger partial charge on any atom is -0.444 e. The summed E-state index contributed by atoms with van der Waals surface area (Å²) in [6.45, 7) is 13.7. The number of ether oxygens (including phenoxy) is 2. The molecule has 1 aliphatic heterocycles.